The maximum atomic E-state index is 4.74. The Balaban J connectivity index is 1.99. The SMILES string of the molecule is CCc1cccc(CC)c1N=Cc1ccc2ccccc2n1. The average Bonchev–Trinajstić information content (AvgIpc) is 2.59. The van der Waals surface area contributed by atoms with Crippen LogP contribution in [0.2, 0.25) is 0 Å². The van der Waals surface area contributed by atoms with Crippen LogP contribution in [0.4, 0.5) is 5.69 Å². The summed E-state index contributed by atoms with van der Waals surface area (Å²) in [4.78, 5) is 9.39. The summed E-state index contributed by atoms with van der Waals surface area (Å²) < 4.78 is 0. The number of rotatable bonds is 4. The third kappa shape index (κ3) is 2.91. The lowest BCUT2D eigenvalue weighted by Crippen LogP contribution is -1.91. The van der Waals surface area contributed by atoms with Gasteiger partial charge < -0.3 is 0 Å². The lowest BCUT2D eigenvalue weighted by atomic mass is 10.0. The Labute approximate surface area is 131 Å². The molecule has 2 aromatic carbocycles. The van der Waals surface area contributed by atoms with Crippen LogP contribution in [0, 0.1) is 0 Å². The van der Waals surface area contributed by atoms with Gasteiger partial charge in [-0.15, -0.1) is 0 Å². The van der Waals surface area contributed by atoms with Crippen molar-refractivity contribution >= 4 is 22.8 Å². The summed E-state index contributed by atoms with van der Waals surface area (Å²) in [6.45, 7) is 4.34. The standard InChI is InChI=1S/C20H20N2/c1-3-15-9-7-10-16(4-2)20(15)21-14-18-13-12-17-8-5-6-11-19(17)22-18/h5-14H,3-4H2,1-2H3. The third-order valence-electron chi connectivity index (χ3n) is 3.91. The number of para-hydroxylation sites is 2. The Morgan fingerprint density at radius 1 is 0.864 bits per heavy atom. The van der Waals surface area contributed by atoms with Crippen molar-refractivity contribution in [3.8, 4) is 0 Å². The first-order valence-electron chi connectivity index (χ1n) is 7.82. The lowest BCUT2D eigenvalue weighted by molar-refractivity contribution is 1.08. The molecule has 2 heteroatoms. The molecule has 0 saturated heterocycles. The van der Waals surface area contributed by atoms with Crippen molar-refractivity contribution in [2.45, 2.75) is 26.7 Å². The monoisotopic (exact) mass is 288 g/mol. The van der Waals surface area contributed by atoms with Gasteiger partial charge in [-0.1, -0.05) is 56.3 Å². The van der Waals surface area contributed by atoms with Gasteiger partial charge in [0.2, 0.25) is 0 Å². The highest BCUT2D eigenvalue weighted by molar-refractivity contribution is 5.86. The third-order valence-corrected chi connectivity index (χ3v) is 3.91. The van der Waals surface area contributed by atoms with Crippen molar-refractivity contribution in [2.24, 2.45) is 4.99 Å². The molecule has 0 aliphatic carbocycles. The van der Waals surface area contributed by atoms with Crippen LogP contribution in [0.25, 0.3) is 10.9 Å². The van der Waals surface area contributed by atoms with Gasteiger partial charge in [-0.3, -0.25) is 4.99 Å². The molecule has 1 heterocycles. The zero-order valence-corrected chi connectivity index (χ0v) is 13.1. The molecule has 3 aromatic rings. The summed E-state index contributed by atoms with van der Waals surface area (Å²) in [6, 6.07) is 18.7. The summed E-state index contributed by atoms with van der Waals surface area (Å²) >= 11 is 0. The van der Waals surface area contributed by atoms with Crippen LogP contribution in [0.15, 0.2) is 59.6 Å². The molecule has 22 heavy (non-hydrogen) atoms. The Morgan fingerprint density at radius 2 is 1.59 bits per heavy atom. The first-order valence-corrected chi connectivity index (χ1v) is 7.82. The van der Waals surface area contributed by atoms with E-state index in [9.17, 15) is 0 Å². The highest BCUT2D eigenvalue weighted by atomic mass is 14.8. The Morgan fingerprint density at radius 3 is 2.32 bits per heavy atom. The zero-order chi connectivity index (χ0) is 15.4. The molecule has 0 aliphatic rings. The molecule has 0 N–H and O–H groups in total. The predicted octanol–water partition coefficient (Wildman–Crippen LogP) is 5.11. The fraction of sp³-hybridized carbons (Fsp3) is 0.200. The van der Waals surface area contributed by atoms with Gasteiger partial charge in [-0.25, -0.2) is 4.98 Å². The molecule has 0 spiro atoms. The molecule has 0 atom stereocenters. The highest BCUT2D eigenvalue weighted by Crippen LogP contribution is 2.25. The maximum absolute atomic E-state index is 4.74. The molecule has 0 radical (unpaired) electrons. The summed E-state index contributed by atoms with van der Waals surface area (Å²) in [5.41, 5.74) is 5.58. The summed E-state index contributed by atoms with van der Waals surface area (Å²) in [5.74, 6) is 0. The predicted molar refractivity (Wildman–Crippen MR) is 94.2 cm³/mol. The first kappa shape index (κ1) is 14.5. The van der Waals surface area contributed by atoms with E-state index < -0.39 is 0 Å². The second-order valence-corrected chi connectivity index (χ2v) is 5.32. The number of aryl methyl sites for hydroxylation is 2. The number of hydrogen-bond donors (Lipinski definition) is 0. The van der Waals surface area contributed by atoms with Gasteiger partial charge in [0, 0.05) is 5.39 Å². The Hall–Kier alpha value is -2.48. The molecule has 1 aromatic heterocycles. The summed E-state index contributed by atoms with van der Waals surface area (Å²) in [6.07, 6.45) is 3.86. The van der Waals surface area contributed by atoms with Gasteiger partial charge >= 0.3 is 0 Å². The summed E-state index contributed by atoms with van der Waals surface area (Å²) in [7, 11) is 0. The van der Waals surface area contributed by atoms with Crippen LogP contribution >= 0.6 is 0 Å². The van der Waals surface area contributed by atoms with E-state index in [-0.39, 0.29) is 0 Å². The van der Waals surface area contributed by atoms with Gasteiger partial charge in [0.15, 0.2) is 0 Å². The number of fused-ring (bicyclic) bond motifs is 1. The van der Waals surface area contributed by atoms with Crippen molar-refractivity contribution in [3.05, 3.63) is 71.4 Å². The van der Waals surface area contributed by atoms with E-state index in [0.717, 1.165) is 35.1 Å². The molecule has 0 saturated carbocycles. The first-order chi connectivity index (χ1) is 10.8. The van der Waals surface area contributed by atoms with E-state index in [1.54, 1.807) is 0 Å². The minimum Gasteiger partial charge on any atom is -0.254 e. The van der Waals surface area contributed by atoms with Crippen LogP contribution in [-0.2, 0) is 12.8 Å². The van der Waals surface area contributed by atoms with Crippen molar-refractivity contribution in [1.82, 2.24) is 4.98 Å². The van der Waals surface area contributed by atoms with E-state index >= 15 is 0 Å². The molecule has 0 unspecified atom stereocenters. The number of nitrogens with zero attached hydrogens (tertiary/aromatic N) is 2. The second kappa shape index (κ2) is 6.52. The fourth-order valence-electron chi connectivity index (χ4n) is 2.67. The van der Waals surface area contributed by atoms with Crippen molar-refractivity contribution in [3.63, 3.8) is 0 Å². The van der Waals surface area contributed by atoms with Gasteiger partial charge in [-0.2, -0.15) is 0 Å². The number of pyridine rings is 1. The molecule has 0 fully saturated rings. The summed E-state index contributed by atoms with van der Waals surface area (Å²) in [5, 5.41) is 1.16. The van der Waals surface area contributed by atoms with Crippen LogP contribution in [0.5, 0.6) is 0 Å². The van der Waals surface area contributed by atoms with E-state index in [0.29, 0.717) is 0 Å². The minimum absolute atomic E-state index is 0.895. The largest absolute Gasteiger partial charge is 0.254 e. The number of benzene rings is 2. The van der Waals surface area contributed by atoms with E-state index in [1.807, 2.05) is 30.5 Å². The van der Waals surface area contributed by atoms with Crippen molar-refractivity contribution in [2.75, 3.05) is 0 Å². The molecule has 110 valence electrons. The quantitative estimate of drug-likeness (QED) is 0.612. The van der Waals surface area contributed by atoms with Gasteiger partial charge in [-0.05, 0) is 36.1 Å². The van der Waals surface area contributed by atoms with Gasteiger partial charge in [0.05, 0.1) is 23.1 Å². The average molecular weight is 288 g/mol. The van der Waals surface area contributed by atoms with Crippen LogP contribution in [0.1, 0.15) is 30.7 Å². The number of aromatic nitrogens is 1. The molecule has 0 aliphatic heterocycles. The Bertz CT molecular complexity index is 797. The smallest absolute Gasteiger partial charge is 0.0820 e. The minimum atomic E-state index is 0.895. The number of aliphatic imine (C=N–C) groups is 1. The van der Waals surface area contributed by atoms with E-state index in [4.69, 9.17) is 4.99 Å². The molecule has 0 amide bonds. The molecule has 2 nitrogen and oxygen atoms in total. The van der Waals surface area contributed by atoms with Crippen molar-refractivity contribution in [1.29, 1.82) is 0 Å². The van der Waals surface area contributed by atoms with Crippen LogP contribution in [-0.4, -0.2) is 11.2 Å². The maximum Gasteiger partial charge on any atom is 0.0820 e. The van der Waals surface area contributed by atoms with Crippen molar-refractivity contribution < 1.29 is 0 Å². The molecular formula is C20H20N2. The zero-order valence-electron chi connectivity index (χ0n) is 13.1. The van der Waals surface area contributed by atoms with Gasteiger partial charge in [0.1, 0.15) is 0 Å². The van der Waals surface area contributed by atoms with Gasteiger partial charge in [0.25, 0.3) is 0 Å². The Kier molecular flexibility index (Phi) is 4.29. The van der Waals surface area contributed by atoms with E-state index in [2.05, 4.69) is 49.2 Å². The van der Waals surface area contributed by atoms with Crippen LogP contribution < -0.4 is 0 Å². The second-order valence-electron chi connectivity index (χ2n) is 5.32. The normalized spacial score (nSPS) is 11.4. The van der Waals surface area contributed by atoms with Crippen LogP contribution in [0.3, 0.4) is 0 Å². The van der Waals surface area contributed by atoms with E-state index in [1.165, 1.54) is 11.1 Å². The lowest BCUT2D eigenvalue weighted by Gasteiger charge is -2.08. The fourth-order valence-corrected chi connectivity index (χ4v) is 2.67. The highest BCUT2D eigenvalue weighted by Gasteiger charge is 2.04. The topological polar surface area (TPSA) is 25.2 Å². The molecule has 0 bridgehead atoms. The molecular weight excluding hydrogens is 268 g/mol. The number of hydrogen-bond acceptors (Lipinski definition) is 2. The molecule has 3 rings (SSSR count).